The van der Waals surface area contributed by atoms with Crippen molar-refractivity contribution in [1.82, 2.24) is 0 Å². The molecule has 0 radical (unpaired) electrons. The van der Waals surface area contributed by atoms with Gasteiger partial charge in [-0.1, -0.05) is 31.9 Å². The molecule has 2 nitrogen and oxygen atoms in total. The van der Waals surface area contributed by atoms with Crippen molar-refractivity contribution in [3.8, 4) is 5.75 Å². The minimum Gasteiger partial charge on any atom is -0.508 e. The second kappa shape index (κ2) is 6.46. The molecular weight excluding hydrogens is 188 g/mol. The number of rotatable bonds is 6. The summed E-state index contributed by atoms with van der Waals surface area (Å²) >= 11 is 0. The summed E-state index contributed by atoms with van der Waals surface area (Å²) in [6.07, 6.45) is 4.66. The minimum absolute atomic E-state index is 0.353. The lowest BCUT2D eigenvalue weighted by atomic mass is 10.0. The van der Waals surface area contributed by atoms with Gasteiger partial charge in [-0.3, -0.25) is 0 Å². The predicted octanol–water partition coefficient (Wildman–Crippen LogP) is 3.27. The number of aryl methyl sites for hydroxylation is 1. The van der Waals surface area contributed by atoms with Crippen molar-refractivity contribution in [2.75, 3.05) is 7.11 Å². The van der Waals surface area contributed by atoms with Crippen LogP contribution in [0.2, 0.25) is 0 Å². The van der Waals surface area contributed by atoms with Gasteiger partial charge >= 0.3 is 0 Å². The number of ether oxygens (including phenoxy) is 1. The van der Waals surface area contributed by atoms with Crippen LogP contribution in [0.4, 0.5) is 0 Å². The van der Waals surface area contributed by atoms with Gasteiger partial charge in [0.05, 0.1) is 6.61 Å². The van der Waals surface area contributed by atoms with Gasteiger partial charge in [0.25, 0.3) is 0 Å². The smallest absolute Gasteiger partial charge is 0.121 e. The monoisotopic (exact) mass is 208 g/mol. The summed E-state index contributed by atoms with van der Waals surface area (Å²) in [5, 5.41) is 9.70. The molecule has 1 aromatic rings. The lowest BCUT2D eigenvalue weighted by Gasteiger charge is -2.10. The summed E-state index contributed by atoms with van der Waals surface area (Å²) in [6, 6.07) is 5.69. The lowest BCUT2D eigenvalue weighted by molar-refractivity contribution is 0.181. The number of unbranched alkanes of at least 4 members (excludes halogenated alkanes) is 2. The predicted molar refractivity (Wildman–Crippen MR) is 62.0 cm³/mol. The first-order valence-corrected chi connectivity index (χ1v) is 5.58. The van der Waals surface area contributed by atoms with E-state index in [-0.39, 0.29) is 0 Å². The molecule has 0 aliphatic carbocycles. The first-order chi connectivity index (χ1) is 7.29. The largest absolute Gasteiger partial charge is 0.508 e. The van der Waals surface area contributed by atoms with E-state index in [1.807, 2.05) is 6.07 Å². The van der Waals surface area contributed by atoms with E-state index >= 15 is 0 Å². The van der Waals surface area contributed by atoms with Gasteiger partial charge in [-0.15, -0.1) is 0 Å². The van der Waals surface area contributed by atoms with Crippen molar-refractivity contribution in [3.63, 3.8) is 0 Å². The van der Waals surface area contributed by atoms with Crippen LogP contribution >= 0.6 is 0 Å². The fraction of sp³-hybridized carbons (Fsp3) is 0.538. The number of hydrogen-bond donors (Lipinski definition) is 1. The number of benzene rings is 1. The maximum absolute atomic E-state index is 9.70. The van der Waals surface area contributed by atoms with E-state index in [1.54, 1.807) is 13.2 Å². The van der Waals surface area contributed by atoms with E-state index in [9.17, 15) is 5.11 Å². The van der Waals surface area contributed by atoms with E-state index < -0.39 is 0 Å². The van der Waals surface area contributed by atoms with Crippen molar-refractivity contribution in [3.05, 3.63) is 29.3 Å². The van der Waals surface area contributed by atoms with Gasteiger partial charge in [-0.2, -0.15) is 0 Å². The minimum atomic E-state index is 0.353. The Hall–Kier alpha value is -1.02. The third kappa shape index (κ3) is 3.56. The molecule has 0 bridgehead atoms. The van der Waals surface area contributed by atoms with Crippen LogP contribution in [0.3, 0.4) is 0 Å². The maximum Gasteiger partial charge on any atom is 0.121 e. The van der Waals surface area contributed by atoms with Crippen LogP contribution in [0.25, 0.3) is 0 Å². The van der Waals surface area contributed by atoms with E-state index in [0.29, 0.717) is 12.4 Å². The van der Waals surface area contributed by atoms with Crippen LogP contribution < -0.4 is 0 Å². The fourth-order valence-electron chi connectivity index (χ4n) is 1.73. The molecule has 84 valence electrons. The van der Waals surface area contributed by atoms with E-state index in [2.05, 4.69) is 13.0 Å². The molecule has 1 aromatic carbocycles. The number of hydrogen-bond acceptors (Lipinski definition) is 2. The summed E-state index contributed by atoms with van der Waals surface area (Å²) in [4.78, 5) is 0. The molecule has 0 aliphatic heterocycles. The van der Waals surface area contributed by atoms with Gasteiger partial charge < -0.3 is 9.84 Å². The van der Waals surface area contributed by atoms with Crippen LogP contribution in [0.15, 0.2) is 18.2 Å². The van der Waals surface area contributed by atoms with Gasteiger partial charge in [0, 0.05) is 12.7 Å². The molecule has 0 saturated heterocycles. The SMILES string of the molecule is CCCCCc1cccc(O)c1COC. The highest BCUT2D eigenvalue weighted by Crippen LogP contribution is 2.23. The summed E-state index contributed by atoms with van der Waals surface area (Å²) < 4.78 is 5.10. The third-order valence-electron chi connectivity index (χ3n) is 2.59. The Kier molecular flexibility index (Phi) is 5.19. The van der Waals surface area contributed by atoms with Crippen molar-refractivity contribution in [2.24, 2.45) is 0 Å². The molecule has 0 aromatic heterocycles. The fourth-order valence-corrected chi connectivity index (χ4v) is 1.73. The Balaban J connectivity index is 2.71. The summed E-state index contributed by atoms with van der Waals surface area (Å²) in [6.45, 7) is 2.69. The Morgan fingerprint density at radius 2 is 2.07 bits per heavy atom. The molecule has 0 unspecified atom stereocenters. The topological polar surface area (TPSA) is 29.5 Å². The molecule has 15 heavy (non-hydrogen) atoms. The molecule has 0 heterocycles. The molecule has 1 rings (SSSR count). The van der Waals surface area contributed by atoms with Crippen LogP contribution in [-0.2, 0) is 17.8 Å². The summed E-state index contributed by atoms with van der Waals surface area (Å²) in [5.74, 6) is 0.353. The zero-order valence-electron chi connectivity index (χ0n) is 9.62. The number of phenols is 1. The first-order valence-electron chi connectivity index (χ1n) is 5.58. The third-order valence-corrected chi connectivity index (χ3v) is 2.59. The van der Waals surface area contributed by atoms with Crippen LogP contribution in [0.5, 0.6) is 5.75 Å². The van der Waals surface area contributed by atoms with E-state index in [1.165, 1.54) is 24.8 Å². The van der Waals surface area contributed by atoms with Crippen molar-refractivity contribution in [1.29, 1.82) is 0 Å². The standard InChI is InChI=1S/C13H20O2/c1-3-4-5-7-11-8-6-9-13(14)12(11)10-15-2/h6,8-9,14H,3-5,7,10H2,1-2H3. The lowest BCUT2D eigenvalue weighted by Crippen LogP contribution is -1.96. The molecular formula is C13H20O2. The molecule has 1 N–H and O–H groups in total. The second-order valence-electron chi connectivity index (χ2n) is 3.80. The first kappa shape index (κ1) is 12.1. The highest BCUT2D eigenvalue weighted by Gasteiger charge is 2.06. The van der Waals surface area contributed by atoms with Gasteiger partial charge in [0.2, 0.25) is 0 Å². The Bertz CT molecular complexity index is 295. The number of methoxy groups -OCH3 is 1. The van der Waals surface area contributed by atoms with Crippen molar-refractivity contribution in [2.45, 2.75) is 39.2 Å². The van der Waals surface area contributed by atoms with E-state index in [4.69, 9.17) is 4.74 Å². The van der Waals surface area contributed by atoms with Crippen LogP contribution in [0.1, 0.15) is 37.3 Å². The second-order valence-corrected chi connectivity index (χ2v) is 3.80. The van der Waals surface area contributed by atoms with Gasteiger partial charge in [-0.25, -0.2) is 0 Å². The zero-order chi connectivity index (χ0) is 11.1. The van der Waals surface area contributed by atoms with Gasteiger partial charge in [0.1, 0.15) is 5.75 Å². The van der Waals surface area contributed by atoms with Crippen LogP contribution in [0, 0.1) is 0 Å². The molecule has 2 heteroatoms. The highest BCUT2D eigenvalue weighted by molar-refractivity contribution is 5.38. The molecule has 0 spiro atoms. The molecule has 0 fully saturated rings. The van der Waals surface area contributed by atoms with Crippen molar-refractivity contribution >= 4 is 0 Å². The van der Waals surface area contributed by atoms with Gasteiger partial charge in [0.15, 0.2) is 0 Å². The zero-order valence-corrected chi connectivity index (χ0v) is 9.62. The number of aromatic hydroxyl groups is 1. The number of phenolic OH excluding ortho intramolecular Hbond substituents is 1. The molecule has 0 aliphatic rings. The average molecular weight is 208 g/mol. The molecule has 0 atom stereocenters. The average Bonchev–Trinajstić information content (AvgIpc) is 2.23. The van der Waals surface area contributed by atoms with Crippen LogP contribution in [-0.4, -0.2) is 12.2 Å². The summed E-state index contributed by atoms with van der Waals surface area (Å²) in [7, 11) is 1.66. The Morgan fingerprint density at radius 3 is 2.73 bits per heavy atom. The molecule has 0 saturated carbocycles. The van der Waals surface area contributed by atoms with E-state index in [0.717, 1.165) is 12.0 Å². The molecule has 0 amide bonds. The Morgan fingerprint density at radius 1 is 1.27 bits per heavy atom. The highest BCUT2D eigenvalue weighted by atomic mass is 16.5. The maximum atomic E-state index is 9.70. The van der Waals surface area contributed by atoms with Gasteiger partial charge in [-0.05, 0) is 24.5 Å². The Labute approximate surface area is 91.9 Å². The van der Waals surface area contributed by atoms with Crippen molar-refractivity contribution < 1.29 is 9.84 Å². The summed E-state index contributed by atoms with van der Waals surface area (Å²) in [5.41, 5.74) is 2.15. The normalized spacial score (nSPS) is 10.5. The quantitative estimate of drug-likeness (QED) is 0.727.